The third-order valence-corrected chi connectivity index (χ3v) is 1.60. The van der Waals surface area contributed by atoms with Crippen molar-refractivity contribution in [3.05, 3.63) is 23.9 Å². The fraction of sp³-hybridized carbons (Fsp3) is 0.143. The molecule has 1 amide bonds. The highest BCUT2D eigenvalue weighted by molar-refractivity contribution is 7.13. The molecule has 0 bridgehead atoms. The smallest absolute Gasteiger partial charge is 0.416 e. The van der Waals surface area contributed by atoms with E-state index in [9.17, 15) is 4.79 Å². The number of carbonyl (C=O) groups excluding carboxylic acids is 1. The highest BCUT2D eigenvalue weighted by atomic mass is 32.1. The first-order valence-electron chi connectivity index (χ1n) is 3.22. The summed E-state index contributed by atoms with van der Waals surface area (Å²) in [6.07, 6.45) is 1.04. The van der Waals surface area contributed by atoms with E-state index < -0.39 is 6.09 Å². The van der Waals surface area contributed by atoms with Crippen LogP contribution in [0.1, 0.15) is 6.92 Å². The maximum atomic E-state index is 10.9. The number of hydrogen-bond acceptors (Lipinski definition) is 4. The summed E-state index contributed by atoms with van der Waals surface area (Å²) in [5.41, 5.74) is 0. The highest BCUT2D eigenvalue weighted by Crippen LogP contribution is 2.10. The molecule has 4 nitrogen and oxygen atoms in total. The maximum Gasteiger partial charge on any atom is 0.418 e. The van der Waals surface area contributed by atoms with Gasteiger partial charge in [-0.1, -0.05) is 6.58 Å². The minimum absolute atomic E-state index is 0.351. The van der Waals surface area contributed by atoms with Crippen LogP contribution in [0.3, 0.4) is 0 Å². The average molecular weight is 184 g/mol. The number of allylic oxidation sites excluding steroid dienone is 1. The molecular formula is C7H8N2O2S. The zero-order valence-corrected chi connectivity index (χ0v) is 7.35. The Kier molecular flexibility index (Phi) is 2.82. The Morgan fingerprint density at radius 1 is 1.83 bits per heavy atom. The molecule has 12 heavy (non-hydrogen) atoms. The molecule has 1 N–H and O–H groups in total. The van der Waals surface area contributed by atoms with E-state index in [1.165, 1.54) is 11.3 Å². The van der Waals surface area contributed by atoms with Crippen LogP contribution in [-0.2, 0) is 4.74 Å². The van der Waals surface area contributed by atoms with Gasteiger partial charge in [0.25, 0.3) is 0 Å². The molecule has 1 aromatic rings. The van der Waals surface area contributed by atoms with Gasteiger partial charge in [0.2, 0.25) is 0 Å². The Labute approximate surface area is 73.9 Å². The Morgan fingerprint density at radius 3 is 3.08 bits per heavy atom. The summed E-state index contributed by atoms with van der Waals surface area (Å²) in [4.78, 5) is 14.7. The van der Waals surface area contributed by atoms with Crippen LogP contribution in [-0.4, -0.2) is 11.1 Å². The summed E-state index contributed by atoms with van der Waals surface area (Å²) >= 11 is 1.33. The first kappa shape index (κ1) is 8.73. The van der Waals surface area contributed by atoms with Crippen molar-refractivity contribution in [2.45, 2.75) is 6.92 Å². The van der Waals surface area contributed by atoms with Gasteiger partial charge in [0.15, 0.2) is 5.13 Å². The number of rotatable bonds is 2. The van der Waals surface area contributed by atoms with Gasteiger partial charge in [-0.05, 0) is 6.92 Å². The van der Waals surface area contributed by atoms with Crippen molar-refractivity contribution in [1.82, 2.24) is 4.98 Å². The van der Waals surface area contributed by atoms with Gasteiger partial charge >= 0.3 is 6.09 Å². The van der Waals surface area contributed by atoms with Gasteiger partial charge in [0, 0.05) is 11.6 Å². The first-order chi connectivity index (χ1) is 5.68. The van der Waals surface area contributed by atoms with E-state index in [1.54, 1.807) is 18.5 Å². The van der Waals surface area contributed by atoms with E-state index in [2.05, 4.69) is 21.6 Å². The lowest BCUT2D eigenvalue weighted by atomic mass is 10.7. The van der Waals surface area contributed by atoms with E-state index in [-0.39, 0.29) is 0 Å². The summed E-state index contributed by atoms with van der Waals surface area (Å²) < 4.78 is 4.65. The molecule has 1 rings (SSSR count). The fourth-order valence-electron chi connectivity index (χ4n) is 0.556. The van der Waals surface area contributed by atoms with Crippen molar-refractivity contribution < 1.29 is 9.53 Å². The maximum absolute atomic E-state index is 10.9. The molecule has 1 aromatic heterocycles. The molecule has 0 fully saturated rings. The lowest BCUT2D eigenvalue weighted by molar-refractivity contribution is 0.192. The summed E-state index contributed by atoms with van der Waals surface area (Å²) in [6.45, 7) is 5.02. The van der Waals surface area contributed by atoms with Gasteiger partial charge in [-0.25, -0.2) is 9.78 Å². The Morgan fingerprint density at radius 2 is 2.58 bits per heavy atom. The molecule has 0 saturated carbocycles. The number of aromatic nitrogens is 1. The fourth-order valence-corrected chi connectivity index (χ4v) is 1.07. The molecule has 0 atom stereocenters. The number of thiazole rings is 1. The molecule has 0 aliphatic rings. The van der Waals surface area contributed by atoms with E-state index in [0.29, 0.717) is 10.9 Å². The van der Waals surface area contributed by atoms with Gasteiger partial charge in [-0.3, -0.25) is 5.32 Å². The average Bonchev–Trinajstić information content (AvgIpc) is 2.37. The van der Waals surface area contributed by atoms with Gasteiger partial charge in [0.1, 0.15) is 0 Å². The zero-order valence-electron chi connectivity index (χ0n) is 6.53. The Balaban J connectivity index is 2.42. The normalized spacial score (nSPS) is 9.08. The second-order valence-corrected chi connectivity index (χ2v) is 2.95. The molecule has 0 aliphatic heterocycles. The number of carbonyl (C=O) groups is 1. The van der Waals surface area contributed by atoms with Crippen molar-refractivity contribution in [2.24, 2.45) is 0 Å². The Bertz CT molecular complexity index is 282. The number of ether oxygens (including phenoxy) is 1. The van der Waals surface area contributed by atoms with Crippen LogP contribution >= 0.6 is 11.3 Å². The van der Waals surface area contributed by atoms with Crippen LogP contribution in [0.5, 0.6) is 0 Å². The highest BCUT2D eigenvalue weighted by Gasteiger charge is 2.03. The molecule has 0 radical (unpaired) electrons. The number of amides is 1. The molecule has 0 aliphatic carbocycles. The monoisotopic (exact) mass is 184 g/mol. The number of anilines is 1. The predicted octanol–water partition coefficient (Wildman–Crippen LogP) is 2.23. The third-order valence-electron chi connectivity index (χ3n) is 0.908. The SMILES string of the molecule is C=C(C)OC(=O)Nc1nccs1. The van der Waals surface area contributed by atoms with Crippen LogP contribution in [0.25, 0.3) is 0 Å². The lowest BCUT2D eigenvalue weighted by Gasteiger charge is -2.01. The third kappa shape index (κ3) is 2.71. The quantitative estimate of drug-likeness (QED) is 0.717. The van der Waals surface area contributed by atoms with Crippen molar-refractivity contribution >= 4 is 22.6 Å². The van der Waals surface area contributed by atoms with Crippen LogP contribution in [0, 0.1) is 0 Å². The Hall–Kier alpha value is -1.36. The minimum Gasteiger partial charge on any atom is -0.416 e. The van der Waals surface area contributed by atoms with Crippen molar-refractivity contribution in [3.63, 3.8) is 0 Å². The van der Waals surface area contributed by atoms with Crippen molar-refractivity contribution in [1.29, 1.82) is 0 Å². The molecule has 5 heteroatoms. The molecule has 0 saturated heterocycles. The second kappa shape index (κ2) is 3.87. The molecule has 64 valence electrons. The number of nitrogens with zero attached hydrogens (tertiary/aromatic N) is 1. The minimum atomic E-state index is -0.558. The van der Waals surface area contributed by atoms with Gasteiger partial charge in [0.05, 0.1) is 5.76 Å². The lowest BCUT2D eigenvalue weighted by Crippen LogP contribution is -2.11. The van der Waals surface area contributed by atoms with Crippen LogP contribution in [0.2, 0.25) is 0 Å². The predicted molar refractivity (Wildman–Crippen MR) is 47.0 cm³/mol. The largest absolute Gasteiger partial charge is 0.418 e. The molecule has 0 aromatic carbocycles. The standard InChI is InChI=1S/C7H8N2O2S/c1-5(2)11-7(10)9-6-8-3-4-12-6/h3-4H,1H2,2H3,(H,8,9,10). The number of nitrogens with one attached hydrogen (secondary N) is 1. The topological polar surface area (TPSA) is 51.2 Å². The van der Waals surface area contributed by atoms with E-state index in [0.717, 1.165) is 0 Å². The van der Waals surface area contributed by atoms with Crippen LogP contribution in [0.15, 0.2) is 23.9 Å². The summed E-state index contributed by atoms with van der Waals surface area (Å²) in [5.74, 6) is 0.351. The summed E-state index contributed by atoms with van der Waals surface area (Å²) in [6, 6.07) is 0. The van der Waals surface area contributed by atoms with Gasteiger partial charge < -0.3 is 4.74 Å². The van der Waals surface area contributed by atoms with Crippen molar-refractivity contribution in [2.75, 3.05) is 5.32 Å². The van der Waals surface area contributed by atoms with Crippen LogP contribution in [0.4, 0.5) is 9.93 Å². The summed E-state index contributed by atoms with van der Waals surface area (Å²) in [5, 5.41) is 4.71. The molecule has 1 heterocycles. The van der Waals surface area contributed by atoms with Gasteiger partial charge in [-0.2, -0.15) is 0 Å². The molecular weight excluding hydrogens is 176 g/mol. The van der Waals surface area contributed by atoms with Crippen LogP contribution < -0.4 is 5.32 Å². The van der Waals surface area contributed by atoms with E-state index in [4.69, 9.17) is 0 Å². The first-order valence-corrected chi connectivity index (χ1v) is 4.10. The summed E-state index contributed by atoms with van der Waals surface area (Å²) in [7, 11) is 0. The van der Waals surface area contributed by atoms with Gasteiger partial charge in [-0.15, -0.1) is 11.3 Å². The van der Waals surface area contributed by atoms with E-state index >= 15 is 0 Å². The zero-order chi connectivity index (χ0) is 8.97. The van der Waals surface area contributed by atoms with Crippen molar-refractivity contribution in [3.8, 4) is 0 Å². The molecule has 0 spiro atoms. The molecule has 0 unspecified atom stereocenters. The number of hydrogen-bond donors (Lipinski definition) is 1. The second-order valence-electron chi connectivity index (χ2n) is 2.05. The van der Waals surface area contributed by atoms with E-state index in [1.807, 2.05) is 0 Å².